The largest absolute Gasteiger partial charge is 0.308 e. The van der Waals surface area contributed by atoms with Crippen LogP contribution in [0.2, 0.25) is 0 Å². The predicted octanol–water partition coefficient (Wildman–Crippen LogP) is 3.91. The van der Waals surface area contributed by atoms with Crippen LogP contribution in [0.4, 0.5) is 0 Å². The van der Waals surface area contributed by atoms with Crippen LogP contribution in [0.1, 0.15) is 65.7 Å². The lowest BCUT2D eigenvalue weighted by atomic mass is 9.76. The molecular formula is C17H34N2S. The van der Waals surface area contributed by atoms with Crippen molar-refractivity contribution in [2.24, 2.45) is 0 Å². The highest BCUT2D eigenvalue weighted by molar-refractivity contribution is 7.99. The molecule has 2 fully saturated rings. The number of piperazine rings is 1. The summed E-state index contributed by atoms with van der Waals surface area (Å²) in [5, 5.41) is 4.00. The second kappa shape index (κ2) is 7.51. The van der Waals surface area contributed by atoms with Crippen LogP contribution in [0.15, 0.2) is 0 Å². The maximum Gasteiger partial charge on any atom is 0.0330 e. The zero-order chi connectivity index (χ0) is 14.5. The predicted molar refractivity (Wildman–Crippen MR) is 91.7 cm³/mol. The first-order valence-electron chi connectivity index (χ1n) is 8.78. The first-order chi connectivity index (χ1) is 9.70. The number of hydrogen-bond acceptors (Lipinski definition) is 3. The average molecular weight is 299 g/mol. The highest BCUT2D eigenvalue weighted by Gasteiger charge is 2.45. The minimum atomic E-state index is 0.414. The Morgan fingerprint density at radius 3 is 2.35 bits per heavy atom. The Balaban J connectivity index is 2.05. The van der Waals surface area contributed by atoms with Gasteiger partial charge in [-0.15, -0.1) is 0 Å². The van der Waals surface area contributed by atoms with Gasteiger partial charge in [-0.3, -0.25) is 4.90 Å². The third-order valence-corrected chi connectivity index (χ3v) is 6.67. The maximum absolute atomic E-state index is 4.00. The van der Waals surface area contributed by atoms with Crippen LogP contribution in [0, 0.1) is 0 Å². The topological polar surface area (TPSA) is 15.3 Å². The smallest absolute Gasteiger partial charge is 0.0330 e. The van der Waals surface area contributed by atoms with E-state index in [9.17, 15) is 0 Å². The van der Waals surface area contributed by atoms with Gasteiger partial charge in [-0.1, -0.05) is 40.0 Å². The summed E-state index contributed by atoms with van der Waals surface area (Å²) >= 11 is 2.10. The molecule has 118 valence electrons. The zero-order valence-electron chi connectivity index (χ0n) is 13.8. The van der Waals surface area contributed by atoms with E-state index in [1.165, 1.54) is 76.1 Å². The average Bonchev–Trinajstić information content (AvgIpc) is 2.49. The molecule has 0 aromatic carbocycles. The van der Waals surface area contributed by atoms with Crippen LogP contribution in [-0.4, -0.2) is 47.1 Å². The van der Waals surface area contributed by atoms with E-state index >= 15 is 0 Å². The monoisotopic (exact) mass is 298 g/mol. The number of rotatable bonds is 6. The molecule has 0 radical (unpaired) electrons. The highest BCUT2D eigenvalue weighted by atomic mass is 32.2. The summed E-state index contributed by atoms with van der Waals surface area (Å²) in [7, 11) is 0. The van der Waals surface area contributed by atoms with E-state index in [0.29, 0.717) is 11.1 Å². The maximum atomic E-state index is 4.00. The number of hydrogen-bond donors (Lipinski definition) is 1. The first kappa shape index (κ1) is 16.6. The number of nitrogens with one attached hydrogen (secondary N) is 1. The Morgan fingerprint density at radius 1 is 1.05 bits per heavy atom. The van der Waals surface area contributed by atoms with E-state index < -0.39 is 0 Å². The zero-order valence-corrected chi connectivity index (χ0v) is 14.7. The van der Waals surface area contributed by atoms with Gasteiger partial charge in [-0.25, -0.2) is 0 Å². The van der Waals surface area contributed by atoms with E-state index in [2.05, 4.69) is 42.7 Å². The lowest BCUT2D eigenvalue weighted by Crippen LogP contribution is -2.70. The highest BCUT2D eigenvalue weighted by Crippen LogP contribution is 2.37. The van der Waals surface area contributed by atoms with Gasteiger partial charge >= 0.3 is 0 Å². The fourth-order valence-electron chi connectivity index (χ4n) is 4.20. The van der Waals surface area contributed by atoms with E-state index in [-0.39, 0.29) is 0 Å². The van der Waals surface area contributed by atoms with Crippen LogP contribution in [0.5, 0.6) is 0 Å². The fourth-order valence-corrected chi connectivity index (χ4v) is 4.84. The standard InChI is InChI=1S/C17H34N2S/c1-4-17(5-2)14-18-16(10-8-7-9-11-16)15-19(17)12-13-20-6-3/h18H,4-15H2,1-3H3. The second-order valence-corrected chi connectivity index (χ2v) is 8.14. The summed E-state index contributed by atoms with van der Waals surface area (Å²) in [5.74, 6) is 2.55. The van der Waals surface area contributed by atoms with Gasteiger partial charge < -0.3 is 5.32 Å². The van der Waals surface area contributed by atoms with Crippen molar-refractivity contribution in [3.63, 3.8) is 0 Å². The molecule has 2 nitrogen and oxygen atoms in total. The molecule has 0 aromatic heterocycles. The number of nitrogens with zero attached hydrogens (tertiary/aromatic N) is 1. The van der Waals surface area contributed by atoms with Crippen LogP contribution in [-0.2, 0) is 0 Å². The SMILES string of the molecule is CCSCCN1CC2(CCCCC2)NCC1(CC)CC. The van der Waals surface area contributed by atoms with Crippen molar-refractivity contribution in [3.05, 3.63) is 0 Å². The van der Waals surface area contributed by atoms with E-state index in [1.54, 1.807) is 0 Å². The molecule has 2 aliphatic rings. The van der Waals surface area contributed by atoms with Crippen molar-refractivity contribution in [1.29, 1.82) is 0 Å². The Bertz CT molecular complexity index is 283. The normalized spacial score (nSPS) is 25.9. The molecular weight excluding hydrogens is 264 g/mol. The van der Waals surface area contributed by atoms with Crippen LogP contribution in [0.25, 0.3) is 0 Å². The molecule has 0 amide bonds. The Kier molecular flexibility index (Phi) is 6.25. The molecule has 1 spiro atoms. The van der Waals surface area contributed by atoms with Crippen molar-refractivity contribution < 1.29 is 0 Å². The summed E-state index contributed by atoms with van der Waals surface area (Å²) in [6.45, 7) is 10.8. The van der Waals surface area contributed by atoms with E-state index in [4.69, 9.17) is 0 Å². The van der Waals surface area contributed by atoms with Crippen molar-refractivity contribution in [3.8, 4) is 0 Å². The van der Waals surface area contributed by atoms with Gasteiger partial charge in [0.1, 0.15) is 0 Å². The molecule has 1 aliphatic heterocycles. The van der Waals surface area contributed by atoms with Crippen molar-refractivity contribution in [2.75, 3.05) is 31.1 Å². The third-order valence-electron chi connectivity index (χ3n) is 5.79. The van der Waals surface area contributed by atoms with Gasteiger partial charge in [0.05, 0.1) is 0 Å². The summed E-state index contributed by atoms with van der Waals surface area (Å²) in [5.41, 5.74) is 0.861. The first-order valence-corrected chi connectivity index (χ1v) is 9.93. The molecule has 0 unspecified atom stereocenters. The van der Waals surface area contributed by atoms with E-state index in [0.717, 1.165) is 0 Å². The lowest BCUT2D eigenvalue weighted by molar-refractivity contribution is -0.00969. The van der Waals surface area contributed by atoms with Crippen LogP contribution < -0.4 is 5.32 Å². The van der Waals surface area contributed by atoms with Gasteiger partial charge in [-0.2, -0.15) is 11.8 Å². The summed E-state index contributed by atoms with van der Waals surface area (Å²) in [4.78, 5) is 2.86. The van der Waals surface area contributed by atoms with Crippen molar-refractivity contribution in [2.45, 2.75) is 76.8 Å². The lowest BCUT2D eigenvalue weighted by Gasteiger charge is -2.56. The Hall–Kier alpha value is 0.270. The van der Waals surface area contributed by atoms with Crippen molar-refractivity contribution in [1.82, 2.24) is 10.2 Å². The molecule has 1 heterocycles. The second-order valence-electron chi connectivity index (χ2n) is 6.74. The molecule has 1 aliphatic carbocycles. The molecule has 2 rings (SSSR count). The van der Waals surface area contributed by atoms with Crippen molar-refractivity contribution >= 4 is 11.8 Å². The van der Waals surface area contributed by atoms with E-state index in [1.807, 2.05) is 0 Å². The molecule has 0 bridgehead atoms. The Morgan fingerprint density at radius 2 is 1.75 bits per heavy atom. The van der Waals surface area contributed by atoms with Crippen LogP contribution in [0.3, 0.4) is 0 Å². The van der Waals surface area contributed by atoms with Gasteiger partial charge in [-0.05, 0) is 31.4 Å². The summed E-state index contributed by atoms with van der Waals surface area (Å²) in [6, 6.07) is 0. The minimum Gasteiger partial charge on any atom is -0.308 e. The molecule has 3 heteroatoms. The Labute approximate surface area is 130 Å². The quantitative estimate of drug-likeness (QED) is 0.749. The van der Waals surface area contributed by atoms with Gasteiger partial charge in [0.15, 0.2) is 0 Å². The minimum absolute atomic E-state index is 0.414. The van der Waals surface area contributed by atoms with Gasteiger partial charge in [0.25, 0.3) is 0 Å². The molecule has 20 heavy (non-hydrogen) atoms. The van der Waals surface area contributed by atoms with Gasteiger partial charge in [0, 0.05) is 36.5 Å². The summed E-state index contributed by atoms with van der Waals surface area (Å²) in [6.07, 6.45) is 9.65. The van der Waals surface area contributed by atoms with Crippen LogP contribution >= 0.6 is 11.8 Å². The molecule has 1 saturated heterocycles. The fraction of sp³-hybridized carbons (Fsp3) is 1.00. The number of thioether (sulfide) groups is 1. The molecule has 0 atom stereocenters. The summed E-state index contributed by atoms with van der Waals surface area (Å²) < 4.78 is 0. The van der Waals surface area contributed by atoms with Gasteiger partial charge in [0.2, 0.25) is 0 Å². The third kappa shape index (κ3) is 3.53. The molecule has 0 aromatic rings. The molecule has 1 saturated carbocycles. The molecule has 1 N–H and O–H groups in total.